The second-order valence-electron chi connectivity index (χ2n) is 10.5. The lowest BCUT2D eigenvalue weighted by atomic mass is 10.1. The van der Waals surface area contributed by atoms with Gasteiger partial charge in [-0.05, 0) is 82.0 Å². The Bertz CT molecular complexity index is 1470. The van der Waals surface area contributed by atoms with Gasteiger partial charge in [-0.2, -0.15) is 0 Å². The van der Waals surface area contributed by atoms with E-state index in [2.05, 4.69) is 5.32 Å². The Kier molecular flexibility index (Phi) is 11.0. The molecule has 3 rings (SSSR count). The van der Waals surface area contributed by atoms with Crippen LogP contribution in [0, 0.1) is 20.8 Å². The van der Waals surface area contributed by atoms with E-state index < -0.39 is 28.5 Å². The van der Waals surface area contributed by atoms with E-state index in [4.69, 9.17) is 11.6 Å². The van der Waals surface area contributed by atoms with Gasteiger partial charge in [-0.25, -0.2) is 8.42 Å². The van der Waals surface area contributed by atoms with Crippen LogP contribution < -0.4 is 9.62 Å². The third-order valence-electron chi connectivity index (χ3n) is 7.14. The minimum absolute atomic E-state index is 0.0667. The van der Waals surface area contributed by atoms with E-state index in [9.17, 15) is 18.0 Å². The van der Waals surface area contributed by atoms with Crippen molar-refractivity contribution in [3.8, 4) is 0 Å². The predicted molar refractivity (Wildman–Crippen MR) is 166 cm³/mol. The molecular weight excluding hydrogens is 558 g/mol. The molecule has 0 aromatic heterocycles. The molecule has 0 spiro atoms. The first-order chi connectivity index (χ1) is 19.4. The standard InChI is InChI=1S/C32H40ClN3O4S/c1-7-25(6)34-32(38)29(8-2)35(20-26-11-9-10-23(4)18-26)31(37)21-36(30-17-14-27(33)19-24(30)5)41(39,40)28-15-12-22(3)13-16-28/h9-19,25,29H,7-8,20-21H2,1-6H3,(H,34,38)/t25-,29-/m1/s1. The zero-order chi connectivity index (χ0) is 30.3. The van der Waals surface area contributed by atoms with Gasteiger partial charge in [0.05, 0.1) is 10.6 Å². The number of anilines is 1. The number of nitrogens with zero attached hydrogens (tertiary/aromatic N) is 2. The van der Waals surface area contributed by atoms with Crippen LogP contribution in [0.25, 0.3) is 0 Å². The van der Waals surface area contributed by atoms with Gasteiger partial charge in [0.1, 0.15) is 12.6 Å². The second kappa shape index (κ2) is 14.0. The number of halogens is 1. The molecule has 0 heterocycles. The number of carbonyl (C=O) groups excluding carboxylic acids is 2. The number of carbonyl (C=O) groups is 2. The topological polar surface area (TPSA) is 86.8 Å². The molecule has 2 amide bonds. The summed E-state index contributed by atoms with van der Waals surface area (Å²) in [6.45, 7) is 11.0. The van der Waals surface area contributed by atoms with E-state index in [1.807, 2.05) is 58.9 Å². The fourth-order valence-corrected chi connectivity index (χ4v) is 6.32. The van der Waals surface area contributed by atoms with Crippen molar-refractivity contribution in [2.45, 2.75) is 77.9 Å². The average Bonchev–Trinajstić information content (AvgIpc) is 2.92. The predicted octanol–water partition coefficient (Wildman–Crippen LogP) is 6.18. The van der Waals surface area contributed by atoms with Crippen LogP contribution in [0.5, 0.6) is 0 Å². The smallest absolute Gasteiger partial charge is 0.264 e. The molecule has 0 saturated heterocycles. The molecule has 9 heteroatoms. The van der Waals surface area contributed by atoms with Gasteiger partial charge in [0.2, 0.25) is 11.8 Å². The van der Waals surface area contributed by atoms with Crippen molar-refractivity contribution in [1.29, 1.82) is 0 Å². The first-order valence-corrected chi connectivity index (χ1v) is 15.7. The number of hydrogen-bond acceptors (Lipinski definition) is 4. The van der Waals surface area contributed by atoms with Crippen LogP contribution in [0.3, 0.4) is 0 Å². The van der Waals surface area contributed by atoms with Crippen LogP contribution in [-0.4, -0.2) is 43.8 Å². The Hall–Kier alpha value is -3.36. The normalized spacial score (nSPS) is 12.9. The third-order valence-corrected chi connectivity index (χ3v) is 9.15. The lowest BCUT2D eigenvalue weighted by Crippen LogP contribution is -2.53. The fourth-order valence-electron chi connectivity index (χ4n) is 4.62. The van der Waals surface area contributed by atoms with Gasteiger partial charge in [0.15, 0.2) is 0 Å². The van der Waals surface area contributed by atoms with Crippen LogP contribution in [-0.2, 0) is 26.2 Å². The number of benzene rings is 3. The Morgan fingerprint density at radius 2 is 1.59 bits per heavy atom. The summed E-state index contributed by atoms with van der Waals surface area (Å²) in [7, 11) is -4.15. The number of hydrogen-bond donors (Lipinski definition) is 1. The summed E-state index contributed by atoms with van der Waals surface area (Å²) in [6, 6.07) is 18.3. The van der Waals surface area contributed by atoms with Gasteiger partial charge in [0, 0.05) is 17.6 Å². The van der Waals surface area contributed by atoms with Crippen molar-refractivity contribution in [2.24, 2.45) is 0 Å². The van der Waals surface area contributed by atoms with E-state index in [1.54, 1.807) is 37.3 Å². The van der Waals surface area contributed by atoms with Crippen molar-refractivity contribution < 1.29 is 18.0 Å². The summed E-state index contributed by atoms with van der Waals surface area (Å²) in [6.07, 6.45) is 1.11. The van der Waals surface area contributed by atoms with E-state index in [0.29, 0.717) is 22.7 Å². The first kappa shape index (κ1) is 32.2. The number of amides is 2. The summed E-state index contributed by atoms with van der Waals surface area (Å²) in [4.78, 5) is 29.2. The maximum absolute atomic E-state index is 14.2. The van der Waals surface area contributed by atoms with Crippen LogP contribution in [0.2, 0.25) is 5.02 Å². The highest BCUT2D eigenvalue weighted by molar-refractivity contribution is 7.92. The molecule has 0 radical (unpaired) electrons. The monoisotopic (exact) mass is 597 g/mol. The quantitative estimate of drug-likeness (QED) is 0.270. The van der Waals surface area contributed by atoms with Crippen molar-refractivity contribution >= 4 is 39.1 Å². The highest BCUT2D eigenvalue weighted by Crippen LogP contribution is 2.29. The molecule has 220 valence electrons. The molecular formula is C32H40ClN3O4S. The Morgan fingerprint density at radius 3 is 2.17 bits per heavy atom. The van der Waals surface area contributed by atoms with Crippen molar-refractivity contribution in [1.82, 2.24) is 10.2 Å². The van der Waals surface area contributed by atoms with Gasteiger partial charge in [-0.3, -0.25) is 13.9 Å². The lowest BCUT2D eigenvalue weighted by Gasteiger charge is -2.34. The SMILES string of the molecule is CC[C@@H](C)NC(=O)[C@@H](CC)N(Cc1cccc(C)c1)C(=O)CN(c1ccc(Cl)cc1C)S(=O)(=O)c1ccc(C)cc1. The fraction of sp³-hybridized carbons (Fsp3) is 0.375. The maximum atomic E-state index is 14.2. The molecule has 0 aliphatic carbocycles. The summed E-state index contributed by atoms with van der Waals surface area (Å²) in [5, 5.41) is 3.45. The minimum atomic E-state index is -4.15. The second-order valence-corrected chi connectivity index (χ2v) is 12.8. The molecule has 3 aromatic carbocycles. The summed E-state index contributed by atoms with van der Waals surface area (Å²) in [5.74, 6) is -0.749. The van der Waals surface area contributed by atoms with Gasteiger partial charge in [-0.15, -0.1) is 0 Å². The number of nitrogens with one attached hydrogen (secondary N) is 1. The van der Waals surface area contributed by atoms with E-state index >= 15 is 0 Å². The zero-order valence-electron chi connectivity index (χ0n) is 24.6. The molecule has 0 saturated carbocycles. The van der Waals surface area contributed by atoms with Crippen LogP contribution in [0.1, 0.15) is 55.9 Å². The number of rotatable bonds is 12. The molecule has 41 heavy (non-hydrogen) atoms. The Balaban J connectivity index is 2.10. The largest absolute Gasteiger partial charge is 0.352 e. The molecule has 0 bridgehead atoms. The molecule has 0 fully saturated rings. The molecule has 2 atom stereocenters. The van der Waals surface area contributed by atoms with Crippen molar-refractivity contribution in [3.63, 3.8) is 0 Å². The molecule has 0 aliphatic heterocycles. The molecule has 1 N–H and O–H groups in total. The zero-order valence-corrected chi connectivity index (χ0v) is 26.2. The molecule has 3 aromatic rings. The van der Waals surface area contributed by atoms with Crippen LogP contribution in [0.4, 0.5) is 5.69 Å². The van der Waals surface area contributed by atoms with Gasteiger partial charge < -0.3 is 10.2 Å². The van der Waals surface area contributed by atoms with Gasteiger partial charge in [-0.1, -0.05) is 73.0 Å². The van der Waals surface area contributed by atoms with E-state index in [-0.39, 0.29) is 23.4 Å². The lowest BCUT2D eigenvalue weighted by molar-refractivity contribution is -0.140. The van der Waals surface area contributed by atoms with Crippen molar-refractivity contribution in [2.75, 3.05) is 10.8 Å². The minimum Gasteiger partial charge on any atom is -0.352 e. The molecule has 0 aliphatic rings. The van der Waals surface area contributed by atoms with Crippen LogP contribution in [0.15, 0.2) is 71.6 Å². The highest BCUT2D eigenvalue weighted by Gasteiger charge is 2.34. The summed E-state index contributed by atoms with van der Waals surface area (Å²) >= 11 is 6.19. The van der Waals surface area contributed by atoms with Crippen LogP contribution >= 0.6 is 11.6 Å². The van der Waals surface area contributed by atoms with Gasteiger partial charge >= 0.3 is 0 Å². The van der Waals surface area contributed by atoms with E-state index in [1.165, 1.54) is 17.0 Å². The first-order valence-electron chi connectivity index (χ1n) is 13.9. The maximum Gasteiger partial charge on any atom is 0.264 e. The Labute approximate surface area is 249 Å². The van der Waals surface area contributed by atoms with E-state index in [0.717, 1.165) is 27.4 Å². The number of sulfonamides is 1. The third kappa shape index (κ3) is 8.11. The Morgan fingerprint density at radius 1 is 0.902 bits per heavy atom. The molecule has 7 nitrogen and oxygen atoms in total. The van der Waals surface area contributed by atoms with Crippen molar-refractivity contribution in [3.05, 3.63) is 94.0 Å². The summed E-state index contributed by atoms with van der Waals surface area (Å²) in [5.41, 5.74) is 3.73. The van der Waals surface area contributed by atoms with Gasteiger partial charge in [0.25, 0.3) is 10.0 Å². The molecule has 0 unspecified atom stereocenters. The summed E-state index contributed by atoms with van der Waals surface area (Å²) < 4.78 is 29.2. The highest BCUT2D eigenvalue weighted by atomic mass is 35.5. The number of aryl methyl sites for hydroxylation is 3. The average molecular weight is 598 g/mol.